The molecule has 0 saturated heterocycles. The van der Waals surface area contributed by atoms with Crippen molar-refractivity contribution >= 4 is 20.6 Å². The maximum absolute atomic E-state index is 11.7. The van der Waals surface area contributed by atoms with Gasteiger partial charge in [0, 0.05) is 0 Å². The van der Waals surface area contributed by atoms with Crippen LogP contribution >= 0.6 is 0 Å². The van der Waals surface area contributed by atoms with Gasteiger partial charge in [-0.15, -0.1) is 0 Å². The van der Waals surface area contributed by atoms with Crippen LogP contribution in [0.3, 0.4) is 0 Å². The summed E-state index contributed by atoms with van der Waals surface area (Å²) in [5.41, 5.74) is 0.368. The highest BCUT2D eigenvalue weighted by atomic mass is 28.4. The molecule has 1 rings (SSSR count). The van der Waals surface area contributed by atoms with Crippen LogP contribution in [0.2, 0.25) is 19.6 Å². The van der Waals surface area contributed by atoms with Crippen LogP contribution in [-0.4, -0.2) is 25.7 Å². The van der Waals surface area contributed by atoms with Gasteiger partial charge in [0.2, 0.25) is 8.32 Å². The SMILES string of the molecule is C[Si](C)(C)OC(=O)c1ccc(O)c(C=O)c1. The quantitative estimate of drug-likeness (QED) is 0.647. The Morgan fingerprint density at radius 3 is 2.50 bits per heavy atom. The number of phenolic OH excluding ortho intramolecular Hbond substituents is 1. The van der Waals surface area contributed by atoms with Crippen molar-refractivity contribution in [3.63, 3.8) is 0 Å². The molecule has 0 aromatic heterocycles. The van der Waals surface area contributed by atoms with E-state index in [1.54, 1.807) is 0 Å². The van der Waals surface area contributed by atoms with Gasteiger partial charge in [-0.25, -0.2) is 4.79 Å². The van der Waals surface area contributed by atoms with Crippen molar-refractivity contribution < 1.29 is 19.1 Å². The zero-order valence-corrected chi connectivity index (χ0v) is 10.5. The van der Waals surface area contributed by atoms with Crippen molar-refractivity contribution in [1.82, 2.24) is 0 Å². The molecule has 5 heteroatoms. The second-order valence-corrected chi connectivity index (χ2v) is 8.82. The van der Waals surface area contributed by atoms with Crippen molar-refractivity contribution in [2.75, 3.05) is 0 Å². The van der Waals surface area contributed by atoms with Crippen LogP contribution in [0.25, 0.3) is 0 Å². The molecule has 0 aliphatic rings. The Balaban J connectivity index is 2.97. The maximum atomic E-state index is 11.7. The van der Waals surface area contributed by atoms with Gasteiger partial charge in [-0.2, -0.15) is 0 Å². The molecule has 0 bridgehead atoms. The topological polar surface area (TPSA) is 63.6 Å². The van der Waals surface area contributed by atoms with Gasteiger partial charge < -0.3 is 9.53 Å². The molecule has 1 N–H and O–H groups in total. The second-order valence-electron chi connectivity index (χ2n) is 4.39. The maximum Gasteiger partial charge on any atom is 0.324 e. The first kappa shape index (κ1) is 12.4. The van der Waals surface area contributed by atoms with E-state index in [0.717, 1.165) is 0 Å². The summed E-state index contributed by atoms with van der Waals surface area (Å²) in [6, 6.07) is 4.07. The van der Waals surface area contributed by atoms with E-state index in [1.165, 1.54) is 18.2 Å². The minimum atomic E-state index is -1.94. The monoisotopic (exact) mass is 238 g/mol. The van der Waals surface area contributed by atoms with E-state index < -0.39 is 14.3 Å². The number of hydrogen-bond acceptors (Lipinski definition) is 4. The Morgan fingerprint density at radius 1 is 1.38 bits per heavy atom. The Labute approximate surface area is 95.0 Å². The smallest absolute Gasteiger partial charge is 0.324 e. The number of phenols is 1. The highest BCUT2D eigenvalue weighted by Crippen LogP contribution is 2.18. The van der Waals surface area contributed by atoms with Crippen LogP contribution in [0.5, 0.6) is 5.75 Å². The summed E-state index contributed by atoms with van der Waals surface area (Å²) in [4.78, 5) is 22.2. The lowest BCUT2D eigenvalue weighted by atomic mass is 10.1. The summed E-state index contributed by atoms with van der Waals surface area (Å²) >= 11 is 0. The van der Waals surface area contributed by atoms with Gasteiger partial charge in [-0.3, -0.25) is 4.79 Å². The third-order valence-electron chi connectivity index (χ3n) is 1.79. The molecule has 0 atom stereocenters. The fraction of sp³-hybridized carbons (Fsp3) is 0.273. The van der Waals surface area contributed by atoms with Crippen LogP contribution in [0.4, 0.5) is 0 Å². The molecule has 0 aliphatic heterocycles. The van der Waals surface area contributed by atoms with Gasteiger partial charge in [0.05, 0.1) is 11.1 Å². The highest BCUT2D eigenvalue weighted by Gasteiger charge is 2.21. The molecular weight excluding hydrogens is 224 g/mol. The highest BCUT2D eigenvalue weighted by molar-refractivity contribution is 6.71. The molecule has 0 unspecified atom stereocenters. The Hall–Kier alpha value is -1.62. The van der Waals surface area contributed by atoms with E-state index in [-0.39, 0.29) is 16.9 Å². The number of aromatic hydroxyl groups is 1. The van der Waals surface area contributed by atoms with Crippen LogP contribution in [0.1, 0.15) is 20.7 Å². The molecule has 0 heterocycles. The molecule has 86 valence electrons. The average molecular weight is 238 g/mol. The largest absolute Gasteiger partial charge is 0.516 e. The molecule has 1 aromatic carbocycles. The van der Waals surface area contributed by atoms with Crippen LogP contribution in [0.15, 0.2) is 18.2 Å². The van der Waals surface area contributed by atoms with Gasteiger partial charge >= 0.3 is 5.97 Å². The van der Waals surface area contributed by atoms with Gasteiger partial charge in [0.1, 0.15) is 5.75 Å². The normalized spacial score (nSPS) is 10.9. The van der Waals surface area contributed by atoms with E-state index in [0.29, 0.717) is 6.29 Å². The summed E-state index contributed by atoms with van der Waals surface area (Å²) in [6.07, 6.45) is 0.501. The third kappa shape index (κ3) is 3.20. The van der Waals surface area contributed by atoms with Crippen LogP contribution < -0.4 is 0 Å². The fourth-order valence-electron chi connectivity index (χ4n) is 1.11. The number of aldehydes is 1. The van der Waals surface area contributed by atoms with E-state index in [1.807, 2.05) is 19.6 Å². The van der Waals surface area contributed by atoms with Crippen molar-refractivity contribution in [2.24, 2.45) is 0 Å². The van der Waals surface area contributed by atoms with Gasteiger partial charge in [-0.1, -0.05) is 0 Å². The number of rotatable bonds is 3. The summed E-state index contributed by atoms with van der Waals surface area (Å²) in [7, 11) is -1.94. The molecule has 0 saturated carbocycles. The Kier molecular flexibility index (Phi) is 3.49. The Morgan fingerprint density at radius 2 is 2.00 bits per heavy atom. The van der Waals surface area contributed by atoms with E-state index in [4.69, 9.17) is 4.43 Å². The second kappa shape index (κ2) is 4.48. The van der Waals surface area contributed by atoms with Crippen molar-refractivity contribution in [3.8, 4) is 5.75 Å². The summed E-state index contributed by atoms with van der Waals surface area (Å²) < 4.78 is 5.27. The minimum Gasteiger partial charge on any atom is -0.516 e. The first-order valence-electron chi connectivity index (χ1n) is 4.85. The van der Waals surface area contributed by atoms with Gasteiger partial charge in [0.15, 0.2) is 6.29 Å². The van der Waals surface area contributed by atoms with Crippen LogP contribution in [-0.2, 0) is 4.43 Å². The lowest BCUT2D eigenvalue weighted by Crippen LogP contribution is -2.29. The minimum absolute atomic E-state index is 0.0880. The van der Waals surface area contributed by atoms with E-state index in [2.05, 4.69) is 0 Å². The number of carbonyl (C=O) groups excluding carboxylic acids is 2. The molecule has 0 radical (unpaired) electrons. The predicted octanol–water partition coefficient (Wildman–Crippen LogP) is 2.20. The summed E-state index contributed by atoms with van der Waals surface area (Å²) in [5, 5.41) is 9.27. The zero-order valence-electron chi connectivity index (χ0n) is 9.48. The van der Waals surface area contributed by atoms with Crippen molar-refractivity contribution in [2.45, 2.75) is 19.6 Å². The molecule has 0 amide bonds. The summed E-state index contributed by atoms with van der Waals surface area (Å²) in [5.74, 6) is -0.596. The first-order valence-corrected chi connectivity index (χ1v) is 8.26. The van der Waals surface area contributed by atoms with E-state index in [9.17, 15) is 14.7 Å². The van der Waals surface area contributed by atoms with Gasteiger partial charge in [-0.05, 0) is 37.8 Å². The molecule has 0 fully saturated rings. The predicted molar refractivity (Wildman–Crippen MR) is 62.3 cm³/mol. The third-order valence-corrected chi connectivity index (χ3v) is 2.59. The fourth-order valence-corrected chi connectivity index (χ4v) is 1.79. The van der Waals surface area contributed by atoms with Crippen molar-refractivity contribution in [1.29, 1.82) is 0 Å². The zero-order chi connectivity index (χ0) is 12.3. The lowest BCUT2D eigenvalue weighted by Gasteiger charge is -2.17. The molecule has 0 spiro atoms. The van der Waals surface area contributed by atoms with Crippen molar-refractivity contribution in [3.05, 3.63) is 29.3 Å². The van der Waals surface area contributed by atoms with Gasteiger partial charge in [0.25, 0.3) is 0 Å². The molecule has 0 aliphatic carbocycles. The number of carbonyl (C=O) groups is 2. The standard InChI is InChI=1S/C11H14O4Si/c1-16(2,3)15-11(14)8-4-5-10(13)9(6-8)7-12/h4-7,13H,1-3H3. The average Bonchev–Trinajstić information content (AvgIpc) is 2.15. The Bertz CT molecular complexity index is 420. The lowest BCUT2D eigenvalue weighted by molar-refractivity contribution is 0.0724. The molecular formula is C11H14O4Si. The van der Waals surface area contributed by atoms with Crippen LogP contribution in [0, 0.1) is 0 Å². The van der Waals surface area contributed by atoms with E-state index >= 15 is 0 Å². The summed E-state index contributed by atoms with van der Waals surface area (Å²) in [6.45, 7) is 5.68. The molecule has 1 aromatic rings. The first-order chi connectivity index (χ1) is 7.33. The number of hydrogen-bond donors (Lipinski definition) is 1. The number of benzene rings is 1. The molecule has 16 heavy (non-hydrogen) atoms. The molecule has 4 nitrogen and oxygen atoms in total.